The summed E-state index contributed by atoms with van der Waals surface area (Å²) in [4.78, 5) is 13.5. The van der Waals surface area contributed by atoms with Crippen molar-refractivity contribution >= 4 is 50.7 Å². The van der Waals surface area contributed by atoms with Crippen LogP contribution in [0.4, 0.5) is 11.4 Å². The second kappa shape index (κ2) is 8.68. The molecule has 144 valence electrons. The number of sulfonamides is 1. The lowest BCUT2D eigenvalue weighted by Crippen LogP contribution is -2.14. The molecule has 1 amide bonds. The van der Waals surface area contributed by atoms with Gasteiger partial charge in [-0.1, -0.05) is 23.7 Å². The van der Waals surface area contributed by atoms with Crippen molar-refractivity contribution < 1.29 is 13.2 Å². The minimum atomic E-state index is -3.73. The van der Waals surface area contributed by atoms with Gasteiger partial charge in [-0.15, -0.1) is 11.8 Å². The van der Waals surface area contributed by atoms with Crippen LogP contribution in [0.1, 0.15) is 10.4 Å². The van der Waals surface area contributed by atoms with Gasteiger partial charge < -0.3 is 5.32 Å². The average Bonchev–Trinajstić information content (AvgIpc) is 2.69. The Labute approximate surface area is 173 Å². The Balaban J connectivity index is 1.72. The maximum absolute atomic E-state index is 12.5. The summed E-state index contributed by atoms with van der Waals surface area (Å²) in [6.07, 6.45) is 1.94. The van der Waals surface area contributed by atoms with Crippen LogP contribution < -0.4 is 10.0 Å². The third-order valence-electron chi connectivity index (χ3n) is 3.88. The van der Waals surface area contributed by atoms with Gasteiger partial charge in [0.05, 0.1) is 10.6 Å². The largest absolute Gasteiger partial charge is 0.321 e. The van der Waals surface area contributed by atoms with Gasteiger partial charge in [-0.05, 0) is 66.9 Å². The minimum Gasteiger partial charge on any atom is -0.321 e. The summed E-state index contributed by atoms with van der Waals surface area (Å²) in [6.45, 7) is 0. The Morgan fingerprint density at radius 2 is 1.57 bits per heavy atom. The summed E-state index contributed by atoms with van der Waals surface area (Å²) >= 11 is 7.33. The van der Waals surface area contributed by atoms with E-state index in [1.165, 1.54) is 24.3 Å². The van der Waals surface area contributed by atoms with E-state index in [4.69, 9.17) is 11.6 Å². The topological polar surface area (TPSA) is 75.3 Å². The Morgan fingerprint density at radius 1 is 0.929 bits per heavy atom. The van der Waals surface area contributed by atoms with E-state index in [1.807, 2.05) is 30.5 Å². The zero-order valence-electron chi connectivity index (χ0n) is 14.8. The smallest absolute Gasteiger partial charge is 0.261 e. The van der Waals surface area contributed by atoms with Crippen LogP contribution >= 0.6 is 23.4 Å². The number of carbonyl (C=O) groups excluding carboxylic acids is 1. The highest BCUT2D eigenvalue weighted by Gasteiger charge is 2.15. The standard InChI is InChI=1S/C20H17ClN2O3S2/c1-27-19-5-3-2-4-18(19)22-20(24)14-6-10-16(11-7-14)23-28(25,26)17-12-8-15(21)9-13-17/h2-13,23H,1H3,(H,22,24). The van der Waals surface area contributed by atoms with Crippen LogP contribution in [0.15, 0.2) is 82.6 Å². The molecule has 0 fully saturated rings. The molecule has 0 spiro atoms. The first-order chi connectivity index (χ1) is 13.4. The number of halogens is 1. The number of hydrogen-bond donors (Lipinski definition) is 2. The van der Waals surface area contributed by atoms with Crippen LogP contribution in [-0.4, -0.2) is 20.6 Å². The summed E-state index contributed by atoms with van der Waals surface area (Å²) in [5.74, 6) is -0.270. The van der Waals surface area contributed by atoms with Crippen LogP contribution in [0.25, 0.3) is 0 Å². The van der Waals surface area contributed by atoms with E-state index >= 15 is 0 Å². The quantitative estimate of drug-likeness (QED) is 0.530. The molecule has 0 aromatic heterocycles. The molecule has 0 aliphatic carbocycles. The van der Waals surface area contributed by atoms with Crippen molar-refractivity contribution in [3.8, 4) is 0 Å². The fourth-order valence-electron chi connectivity index (χ4n) is 2.46. The van der Waals surface area contributed by atoms with Gasteiger partial charge in [0.2, 0.25) is 0 Å². The normalized spacial score (nSPS) is 11.1. The molecule has 5 nitrogen and oxygen atoms in total. The Bertz CT molecular complexity index is 1080. The predicted octanol–water partition coefficient (Wildman–Crippen LogP) is 5.12. The van der Waals surface area contributed by atoms with Crippen molar-refractivity contribution in [2.75, 3.05) is 16.3 Å². The second-order valence-electron chi connectivity index (χ2n) is 5.79. The number of hydrogen-bond acceptors (Lipinski definition) is 4. The first kappa shape index (κ1) is 20.3. The monoisotopic (exact) mass is 432 g/mol. The second-order valence-corrected chi connectivity index (χ2v) is 8.76. The number of para-hydroxylation sites is 1. The highest BCUT2D eigenvalue weighted by Crippen LogP contribution is 2.25. The molecule has 0 bridgehead atoms. The van der Waals surface area contributed by atoms with E-state index in [1.54, 1.807) is 36.0 Å². The van der Waals surface area contributed by atoms with E-state index in [-0.39, 0.29) is 10.8 Å². The fraction of sp³-hybridized carbons (Fsp3) is 0.0500. The predicted molar refractivity (Wildman–Crippen MR) is 115 cm³/mol. The molecule has 0 radical (unpaired) electrons. The molecule has 0 unspecified atom stereocenters. The van der Waals surface area contributed by atoms with E-state index in [0.29, 0.717) is 16.3 Å². The molecule has 0 atom stereocenters. The SMILES string of the molecule is CSc1ccccc1NC(=O)c1ccc(NS(=O)(=O)c2ccc(Cl)cc2)cc1. The van der Waals surface area contributed by atoms with Gasteiger partial charge in [0.15, 0.2) is 0 Å². The first-order valence-electron chi connectivity index (χ1n) is 8.22. The first-order valence-corrected chi connectivity index (χ1v) is 11.3. The highest BCUT2D eigenvalue weighted by molar-refractivity contribution is 7.98. The van der Waals surface area contributed by atoms with E-state index in [2.05, 4.69) is 10.0 Å². The van der Waals surface area contributed by atoms with Crippen molar-refractivity contribution in [1.29, 1.82) is 0 Å². The third kappa shape index (κ3) is 4.86. The molecule has 3 aromatic carbocycles. The third-order valence-corrected chi connectivity index (χ3v) is 6.32. The molecular weight excluding hydrogens is 416 g/mol. The Kier molecular flexibility index (Phi) is 6.28. The number of rotatable bonds is 6. The van der Waals surface area contributed by atoms with Crippen LogP contribution in [0.3, 0.4) is 0 Å². The molecule has 0 aliphatic heterocycles. The van der Waals surface area contributed by atoms with Crippen molar-refractivity contribution in [3.63, 3.8) is 0 Å². The maximum Gasteiger partial charge on any atom is 0.261 e. The molecule has 0 saturated carbocycles. The maximum atomic E-state index is 12.5. The van der Waals surface area contributed by atoms with Crippen LogP contribution in [-0.2, 0) is 10.0 Å². The molecule has 0 heterocycles. The number of anilines is 2. The van der Waals surface area contributed by atoms with Gasteiger partial charge in [0.1, 0.15) is 0 Å². The van der Waals surface area contributed by atoms with Crippen molar-refractivity contribution in [3.05, 3.63) is 83.4 Å². The summed E-state index contributed by atoms with van der Waals surface area (Å²) in [5.41, 5.74) is 1.51. The number of thioether (sulfide) groups is 1. The zero-order chi connectivity index (χ0) is 20.1. The summed E-state index contributed by atoms with van der Waals surface area (Å²) in [6, 6.07) is 19.6. The molecule has 3 aromatic rings. The zero-order valence-corrected chi connectivity index (χ0v) is 17.2. The molecule has 2 N–H and O–H groups in total. The van der Waals surface area contributed by atoms with Gasteiger partial charge in [-0.25, -0.2) is 8.42 Å². The summed E-state index contributed by atoms with van der Waals surface area (Å²) in [7, 11) is -3.73. The number of nitrogens with one attached hydrogen (secondary N) is 2. The lowest BCUT2D eigenvalue weighted by molar-refractivity contribution is 0.102. The van der Waals surface area contributed by atoms with Gasteiger partial charge in [-0.2, -0.15) is 0 Å². The number of amides is 1. The summed E-state index contributed by atoms with van der Waals surface area (Å²) < 4.78 is 27.3. The van der Waals surface area contributed by atoms with Crippen LogP contribution in [0.5, 0.6) is 0 Å². The summed E-state index contributed by atoms with van der Waals surface area (Å²) in [5, 5.41) is 3.32. The van der Waals surface area contributed by atoms with E-state index < -0.39 is 10.0 Å². The number of carbonyl (C=O) groups is 1. The number of benzene rings is 3. The van der Waals surface area contributed by atoms with E-state index in [0.717, 1.165) is 10.6 Å². The van der Waals surface area contributed by atoms with Crippen LogP contribution in [0.2, 0.25) is 5.02 Å². The molecule has 3 rings (SSSR count). The van der Waals surface area contributed by atoms with Gasteiger partial charge >= 0.3 is 0 Å². The average molecular weight is 433 g/mol. The van der Waals surface area contributed by atoms with Crippen LogP contribution in [0, 0.1) is 0 Å². The minimum absolute atomic E-state index is 0.104. The lowest BCUT2D eigenvalue weighted by atomic mass is 10.2. The van der Waals surface area contributed by atoms with Crippen molar-refractivity contribution in [2.45, 2.75) is 9.79 Å². The molecule has 28 heavy (non-hydrogen) atoms. The molecule has 0 aliphatic rings. The Morgan fingerprint density at radius 3 is 2.21 bits per heavy atom. The molecule has 8 heteroatoms. The lowest BCUT2D eigenvalue weighted by Gasteiger charge is -2.11. The molecular formula is C20H17ClN2O3S2. The Hall–Kier alpha value is -2.48. The van der Waals surface area contributed by atoms with Crippen molar-refractivity contribution in [2.24, 2.45) is 0 Å². The highest BCUT2D eigenvalue weighted by atomic mass is 35.5. The van der Waals surface area contributed by atoms with Crippen molar-refractivity contribution in [1.82, 2.24) is 0 Å². The molecule has 0 saturated heterocycles. The van der Waals surface area contributed by atoms with Gasteiger partial charge in [0.25, 0.3) is 15.9 Å². The van der Waals surface area contributed by atoms with Gasteiger partial charge in [-0.3, -0.25) is 9.52 Å². The fourth-order valence-corrected chi connectivity index (χ4v) is 4.20. The van der Waals surface area contributed by atoms with E-state index in [9.17, 15) is 13.2 Å². The van der Waals surface area contributed by atoms with Gasteiger partial charge in [0, 0.05) is 21.2 Å².